The fourth-order valence-corrected chi connectivity index (χ4v) is 4.15. The highest BCUT2D eigenvalue weighted by atomic mass is 19.4. The molecule has 3 rings (SSSR count). The summed E-state index contributed by atoms with van der Waals surface area (Å²) in [7, 11) is 0. The van der Waals surface area contributed by atoms with Gasteiger partial charge < -0.3 is 19.4 Å². The molecule has 0 aliphatic heterocycles. The normalized spacial score (nSPS) is 13.5. The van der Waals surface area contributed by atoms with Gasteiger partial charge in [0, 0.05) is 43.2 Å². The lowest BCUT2D eigenvalue weighted by molar-refractivity contribution is -0.136. The van der Waals surface area contributed by atoms with Gasteiger partial charge in [-0.3, -0.25) is 0 Å². The number of aromatic nitrogens is 2. The van der Waals surface area contributed by atoms with Crippen LogP contribution in [0.3, 0.4) is 0 Å². The third-order valence-corrected chi connectivity index (χ3v) is 6.12. The van der Waals surface area contributed by atoms with Gasteiger partial charge in [0.1, 0.15) is 0 Å². The highest BCUT2D eigenvalue weighted by molar-refractivity contribution is 5.75. The Kier molecular flexibility index (Phi) is 8.64. The number of imidazole rings is 1. The minimum Gasteiger partial charge on any atom is -0.490 e. The number of nitrogens with zero attached hydrogens (tertiary/aromatic N) is 3. The molecule has 2 heterocycles. The Hall–Kier alpha value is -3.23. The van der Waals surface area contributed by atoms with E-state index in [4.69, 9.17) is 4.74 Å². The molecule has 0 aliphatic carbocycles. The quantitative estimate of drug-likeness (QED) is 0.348. The molecule has 0 radical (unpaired) electrons. The van der Waals surface area contributed by atoms with Crippen molar-refractivity contribution in [2.75, 3.05) is 13.2 Å². The van der Waals surface area contributed by atoms with Gasteiger partial charge in [0.05, 0.1) is 12.6 Å². The van der Waals surface area contributed by atoms with Crippen LogP contribution in [0, 0.1) is 0 Å². The highest BCUT2D eigenvalue weighted by Gasteiger charge is 2.29. The van der Waals surface area contributed by atoms with Crippen LogP contribution in [0.5, 0.6) is 5.75 Å². The maximum absolute atomic E-state index is 13.0. The summed E-state index contributed by atoms with van der Waals surface area (Å²) in [5.74, 6) is 0.687. The first-order chi connectivity index (χ1) is 16.7. The van der Waals surface area contributed by atoms with E-state index in [2.05, 4.69) is 10.3 Å². The number of ether oxygens (including phenoxy) is 1. The standard InChI is InChI=1S/C26H33F3N4O2/c1-5-22(11-12-26(27,28)29)31-25(34)33(6-2)18(4)19-9-8-10-20(15-19)21-16-23(35-7-3)24-30-13-14-32(24)17-21/h8-10,13-18,22H,5-7,11-12H2,1-4H3,(H,31,34)/t18-,22-/m1/s1. The van der Waals surface area contributed by atoms with Gasteiger partial charge >= 0.3 is 12.2 Å². The van der Waals surface area contributed by atoms with E-state index in [1.54, 1.807) is 18.0 Å². The van der Waals surface area contributed by atoms with Crippen molar-refractivity contribution >= 4 is 11.7 Å². The van der Waals surface area contributed by atoms with Crippen LogP contribution in [-0.4, -0.2) is 45.7 Å². The van der Waals surface area contributed by atoms with Crippen LogP contribution in [0.15, 0.2) is 48.9 Å². The first kappa shape index (κ1) is 26.4. The summed E-state index contributed by atoms with van der Waals surface area (Å²) >= 11 is 0. The zero-order valence-corrected chi connectivity index (χ0v) is 20.6. The molecule has 0 saturated heterocycles. The number of carbonyl (C=O) groups is 1. The van der Waals surface area contributed by atoms with E-state index < -0.39 is 18.6 Å². The number of fused-ring (bicyclic) bond motifs is 1. The minimum absolute atomic E-state index is 0.133. The van der Waals surface area contributed by atoms with Crippen LogP contribution in [0.25, 0.3) is 16.8 Å². The van der Waals surface area contributed by atoms with Gasteiger partial charge in [-0.2, -0.15) is 13.2 Å². The number of amides is 2. The van der Waals surface area contributed by atoms with Crippen molar-refractivity contribution in [2.45, 2.75) is 65.2 Å². The number of pyridine rings is 1. The number of alkyl halides is 3. The number of hydrogen-bond donors (Lipinski definition) is 1. The number of hydrogen-bond acceptors (Lipinski definition) is 3. The van der Waals surface area contributed by atoms with Crippen LogP contribution in [0.1, 0.15) is 58.6 Å². The minimum atomic E-state index is -4.24. The summed E-state index contributed by atoms with van der Waals surface area (Å²) in [5.41, 5.74) is 3.56. The zero-order valence-electron chi connectivity index (χ0n) is 20.6. The molecular weight excluding hydrogens is 457 g/mol. The number of benzene rings is 1. The van der Waals surface area contributed by atoms with Gasteiger partial charge in [-0.05, 0) is 56.9 Å². The van der Waals surface area contributed by atoms with Gasteiger partial charge in [-0.15, -0.1) is 0 Å². The Labute approximate surface area is 204 Å². The van der Waals surface area contributed by atoms with Crippen molar-refractivity contribution in [1.29, 1.82) is 0 Å². The summed E-state index contributed by atoms with van der Waals surface area (Å²) < 4.78 is 45.6. The fraction of sp³-hybridized carbons (Fsp3) is 0.462. The van der Waals surface area contributed by atoms with Crippen LogP contribution in [-0.2, 0) is 0 Å². The molecule has 35 heavy (non-hydrogen) atoms. The number of carbonyl (C=O) groups excluding carboxylic acids is 1. The third-order valence-electron chi connectivity index (χ3n) is 6.12. The average molecular weight is 491 g/mol. The highest BCUT2D eigenvalue weighted by Crippen LogP contribution is 2.30. The second-order valence-electron chi connectivity index (χ2n) is 8.48. The smallest absolute Gasteiger partial charge is 0.389 e. The molecule has 2 atom stereocenters. The molecule has 190 valence electrons. The van der Waals surface area contributed by atoms with Crippen LogP contribution in [0.4, 0.5) is 18.0 Å². The van der Waals surface area contributed by atoms with Gasteiger partial charge in [0.15, 0.2) is 11.4 Å². The number of halogens is 3. The van der Waals surface area contributed by atoms with Crippen molar-refractivity contribution in [3.63, 3.8) is 0 Å². The van der Waals surface area contributed by atoms with Gasteiger partial charge in [0.2, 0.25) is 0 Å². The summed E-state index contributed by atoms with van der Waals surface area (Å²) in [5, 5.41) is 2.79. The first-order valence-electron chi connectivity index (χ1n) is 12.0. The molecule has 0 aliphatic rings. The van der Waals surface area contributed by atoms with E-state index in [1.165, 1.54) is 0 Å². The number of urea groups is 1. The molecule has 0 unspecified atom stereocenters. The van der Waals surface area contributed by atoms with Gasteiger partial charge in [0.25, 0.3) is 0 Å². The van der Waals surface area contributed by atoms with E-state index in [9.17, 15) is 18.0 Å². The molecular formula is C26H33F3N4O2. The summed E-state index contributed by atoms with van der Waals surface area (Å²) in [6.07, 6.45) is 0.703. The fourth-order valence-electron chi connectivity index (χ4n) is 4.15. The van der Waals surface area contributed by atoms with Crippen LogP contribution < -0.4 is 10.1 Å². The Balaban J connectivity index is 1.81. The van der Waals surface area contributed by atoms with E-state index in [0.717, 1.165) is 22.3 Å². The van der Waals surface area contributed by atoms with Crippen molar-refractivity contribution < 1.29 is 22.7 Å². The predicted octanol–water partition coefficient (Wildman–Crippen LogP) is 6.61. The van der Waals surface area contributed by atoms with Crippen LogP contribution >= 0.6 is 0 Å². The average Bonchev–Trinajstić information content (AvgIpc) is 3.31. The molecule has 6 nitrogen and oxygen atoms in total. The second-order valence-corrected chi connectivity index (χ2v) is 8.48. The Bertz CT molecular complexity index is 1130. The van der Waals surface area contributed by atoms with E-state index in [1.807, 2.05) is 67.9 Å². The van der Waals surface area contributed by atoms with Gasteiger partial charge in [-0.25, -0.2) is 9.78 Å². The second kappa shape index (κ2) is 11.5. The SMILES string of the molecule is CCOc1cc(-c2cccc([C@@H](C)N(CC)C(=O)N[C@H](CC)CCC(F)(F)F)c2)cn2ccnc12. The lowest BCUT2D eigenvalue weighted by Gasteiger charge is -2.31. The molecule has 0 fully saturated rings. The zero-order chi connectivity index (χ0) is 25.6. The van der Waals surface area contributed by atoms with Crippen LogP contribution in [0.2, 0.25) is 0 Å². The van der Waals surface area contributed by atoms with E-state index in [-0.39, 0.29) is 18.5 Å². The lowest BCUT2D eigenvalue weighted by Crippen LogP contribution is -2.45. The van der Waals surface area contributed by atoms with Crippen molar-refractivity contribution in [1.82, 2.24) is 19.6 Å². The molecule has 2 amide bonds. The molecule has 0 bridgehead atoms. The molecule has 3 aromatic rings. The molecule has 1 aromatic carbocycles. The van der Waals surface area contributed by atoms with Crippen molar-refractivity contribution in [3.05, 3.63) is 54.5 Å². The summed E-state index contributed by atoms with van der Waals surface area (Å²) in [6, 6.07) is 8.68. The maximum atomic E-state index is 13.0. The van der Waals surface area contributed by atoms with Gasteiger partial charge in [-0.1, -0.05) is 25.1 Å². The first-order valence-corrected chi connectivity index (χ1v) is 12.0. The number of nitrogens with one attached hydrogen (secondary N) is 1. The largest absolute Gasteiger partial charge is 0.490 e. The Morgan fingerprint density at radius 3 is 2.63 bits per heavy atom. The molecule has 2 aromatic heterocycles. The molecule has 0 spiro atoms. The number of rotatable bonds is 10. The third kappa shape index (κ3) is 6.68. The molecule has 9 heteroatoms. The Morgan fingerprint density at radius 1 is 1.20 bits per heavy atom. The van der Waals surface area contributed by atoms with Crippen molar-refractivity contribution in [3.8, 4) is 16.9 Å². The van der Waals surface area contributed by atoms with E-state index >= 15 is 0 Å². The Morgan fingerprint density at radius 2 is 1.97 bits per heavy atom. The van der Waals surface area contributed by atoms with Crippen molar-refractivity contribution in [2.24, 2.45) is 0 Å². The molecule has 1 N–H and O–H groups in total. The predicted molar refractivity (Wildman–Crippen MR) is 130 cm³/mol. The topological polar surface area (TPSA) is 58.9 Å². The molecule has 0 saturated carbocycles. The summed E-state index contributed by atoms with van der Waals surface area (Å²) in [6.45, 7) is 8.42. The summed E-state index contributed by atoms with van der Waals surface area (Å²) in [4.78, 5) is 19.0. The monoisotopic (exact) mass is 490 g/mol. The van der Waals surface area contributed by atoms with E-state index in [0.29, 0.717) is 25.3 Å². The maximum Gasteiger partial charge on any atom is 0.389 e. The lowest BCUT2D eigenvalue weighted by atomic mass is 10.00.